The second-order valence-electron chi connectivity index (χ2n) is 3.61. The van der Waals surface area contributed by atoms with Crippen molar-refractivity contribution in [3.8, 4) is 5.75 Å². The van der Waals surface area contributed by atoms with Crippen molar-refractivity contribution in [3.63, 3.8) is 0 Å². The number of phenols is 1. The first-order chi connectivity index (χ1) is 7.36. The third-order valence-electron chi connectivity index (χ3n) is 2.52. The van der Waals surface area contributed by atoms with E-state index in [0.717, 1.165) is 18.4 Å². The Hall–Kier alpha value is -0.760. The van der Waals surface area contributed by atoms with Crippen molar-refractivity contribution in [2.24, 2.45) is 0 Å². The molecular formula is C14H14NaO. The van der Waals surface area contributed by atoms with Gasteiger partial charge in [0.1, 0.15) is 5.75 Å². The zero-order valence-corrected chi connectivity index (χ0v) is 11.6. The van der Waals surface area contributed by atoms with Crippen molar-refractivity contribution in [2.45, 2.75) is 12.8 Å². The summed E-state index contributed by atoms with van der Waals surface area (Å²) in [5, 5.41) is 9.59. The Balaban J connectivity index is 0.00000128. The summed E-state index contributed by atoms with van der Waals surface area (Å²) in [6.07, 6.45) is 1.86. The van der Waals surface area contributed by atoms with E-state index in [0.29, 0.717) is 5.75 Å². The van der Waals surface area contributed by atoms with Crippen LogP contribution in [0, 0.1) is 0 Å². The van der Waals surface area contributed by atoms with Crippen molar-refractivity contribution in [3.05, 3.63) is 65.7 Å². The number of phenolic OH excluding ortho intramolecular Hbond substituents is 1. The number of hydrogen-bond donors (Lipinski definition) is 1. The Kier molecular flexibility index (Phi) is 5.61. The molecule has 0 amide bonds. The number of aromatic hydroxyl groups is 1. The fourth-order valence-corrected chi connectivity index (χ4v) is 1.65. The summed E-state index contributed by atoms with van der Waals surface area (Å²) in [5.74, 6) is 0.397. The van der Waals surface area contributed by atoms with Crippen LogP contribution in [-0.4, -0.2) is 34.7 Å². The molecule has 77 valence electrons. The fraction of sp³-hybridized carbons (Fsp3) is 0.143. The summed E-state index contributed by atoms with van der Waals surface area (Å²) in [5.41, 5.74) is 2.32. The van der Waals surface area contributed by atoms with E-state index in [4.69, 9.17) is 0 Å². The fourth-order valence-electron chi connectivity index (χ4n) is 1.65. The monoisotopic (exact) mass is 221 g/mol. The van der Waals surface area contributed by atoms with Crippen LogP contribution in [0.5, 0.6) is 5.75 Å². The van der Waals surface area contributed by atoms with Crippen molar-refractivity contribution in [2.75, 3.05) is 0 Å². The molecule has 0 aliphatic carbocycles. The molecule has 0 aliphatic rings. The summed E-state index contributed by atoms with van der Waals surface area (Å²) >= 11 is 0. The molecule has 0 aromatic heterocycles. The second kappa shape index (κ2) is 6.74. The summed E-state index contributed by atoms with van der Waals surface area (Å²) in [6.45, 7) is 0. The average Bonchev–Trinajstić information content (AvgIpc) is 2.29. The second-order valence-corrected chi connectivity index (χ2v) is 3.61. The molecule has 2 aromatic carbocycles. The molecule has 0 spiro atoms. The third kappa shape index (κ3) is 3.67. The molecular weight excluding hydrogens is 207 g/mol. The maximum absolute atomic E-state index is 9.59. The molecule has 0 aliphatic heterocycles. The van der Waals surface area contributed by atoms with Crippen LogP contribution in [0.3, 0.4) is 0 Å². The normalized spacial score (nSPS) is 9.50. The number of aryl methyl sites for hydroxylation is 2. The van der Waals surface area contributed by atoms with Gasteiger partial charge < -0.3 is 5.11 Å². The zero-order valence-electron chi connectivity index (χ0n) is 9.56. The zero-order chi connectivity index (χ0) is 10.5. The molecule has 2 rings (SSSR count). The summed E-state index contributed by atoms with van der Waals surface area (Å²) in [4.78, 5) is 0. The molecule has 0 saturated heterocycles. The van der Waals surface area contributed by atoms with Gasteiger partial charge in [-0.05, 0) is 30.0 Å². The van der Waals surface area contributed by atoms with Crippen molar-refractivity contribution in [1.29, 1.82) is 0 Å². The molecule has 1 nitrogen and oxygen atoms in total. The van der Waals surface area contributed by atoms with Crippen LogP contribution in [0.1, 0.15) is 11.1 Å². The number of para-hydroxylation sites is 1. The SMILES string of the molecule is Oc1ccccc1CCc1ccccc1.[Na]. The molecule has 2 heteroatoms. The Morgan fingerprint density at radius 1 is 0.750 bits per heavy atom. The first kappa shape index (κ1) is 13.3. The van der Waals surface area contributed by atoms with Gasteiger partial charge in [-0.3, -0.25) is 0 Å². The van der Waals surface area contributed by atoms with Crippen LogP contribution in [0.2, 0.25) is 0 Å². The summed E-state index contributed by atoms with van der Waals surface area (Å²) in [6, 6.07) is 17.8. The van der Waals surface area contributed by atoms with Crippen LogP contribution in [0.25, 0.3) is 0 Å². The molecule has 0 bridgehead atoms. The van der Waals surface area contributed by atoms with Gasteiger partial charge in [-0.15, -0.1) is 0 Å². The van der Waals surface area contributed by atoms with Crippen molar-refractivity contribution in [1.82, 2.24) is 0 Å². The largest absolute Gasteiger partial charge is 0.508 e. The van der Waals surface area contributed by atoms with Gasteiger partial charge in [-0.2, -0.15) is 0 Å². The number of hydrogen-bond acceptors (Lipinski definition) is 1. The summed E-state index contributed by atoms with van der Waals surface area (Å²) in [7, 11) is 0. The molecule has 2 aromatic rings. The van der Waals surface area contributed by atoms with Gasteiger partial charge >= 0.3 is 0 Å². The molecule has 16 heavy (non-hydrogen) atoms. The van der Waals surface area contributed by atoms with E-state index in [9.17, 15) is 5.11 Å². The Bertz CT molecular complexity index is 426. The van der Waals surface area contributed by atoms with Gasteiger partial charge in [0.25, 0.3) is 0 Å². The van der Waals surface area contributed by atoms with E-state index < -0.39 is 0 Å². The minimum atomic E-state index is 0. The van der Waals surface area contributed by atoms with E-state index in [1.54, 1.807) is 6.07 Å². The Morgan fingerprint density at radius 2 is 1.38 bits per heavy atom. The van der Waals surface area contributed by atoms with E-state index >= 15 is 0 Å². The van der Waals surface area contributed by atoms with Crippen molar-refractivity contribution < 1.29 is 5.11 Å². The third-order valence-corrected chi connectivity index (χ3v) is 2.52. The van der Waals surface area contributed by atoms with E-state index in [2.05, 4.69) is 12.1 Å². The Morgan fingerprint density at radius 3 is 2.06 bits per heavy atom. The van der Waals surface area contributed by atoms with Gasteiger partial charge in [0.2, 0.25) is 0 Å². The molecule has 1 N–H and O–H groups in total. The first-order valence-corrected chi connectivity index (χ1v) is 5.17. The van der Waals surface area contributed by atoms with Crippen LogP contribution < -0.4 is 0 Å². The molecule has 0 fully saturated rings. The minimum Gasteiger partial charge on any atom is -0.508 e. The minimum absolute atomic E-state index is 0. The Labute approximate surface area is 118 Å². The van der Waals surface area contributed by atoms with Gasteiger partial charge in [-0.1, -0.05) is 48.5 Å². The smallest absolute Gasteiger partial charge is 0.118 e. The van der Waals surface area contributed by atoms with E-state index in [1.165, 1.54) is 5.56 Å². The van der Waals surface area contributed by atoms with Gasteiger partial charge in [0.05, 0.1) is 0 Å². The maximum atomic E-state index is 9.59. The van der Waals surface area contributed by atoms with Crippen LogP contribution in [-0.2, 0) is 12.8 Å². The number of rotatable bonds is 3. The van der Waals surface area contributed by atoms with Gasteiger partial charge in [0.15, 0.2) is 0 Å². The first-order valence-electron chi connectivity index (χ1n) is 5.17. The van der Waals surface area contributed by atoms with Gasteiger partial charge in [0, 0.05) is 29.6 Å². The van der Waals surface area contributed by atoms with Crippen LogP contribution >= 0.6 is 0 Å². The van der Waals surface area contributed by atoms with Gasteiger partial charge in [-0.25, -0.2) is 0 Å². The van der Waals surface area contributed by atoms with Crippen molar-refractivity contribution >= 4 is 29.6 Å². The predicted molar refractivity (Wildman–Crippen MR) is 67.7 cm³/mol. The molecule has 0 heterocycles. The maximum Gasteiger partial charge on any atom is 0.118 e. The van der Waals surface area contributed by atoms with E-state index in [-0.39, 0.29) is 29.6 Å². The topological polar surface area (TPSA) is 20.2 Å². The summed E-state index contributed by atoms with van der Waals surface area (Å²) < 4.78 is 0. The van der Waals surface area contributed by atoms with Crippen LogP contribution in [0.4, 0.5) is 0 Å². The molecule has 1 radical (unpaired) electrons. The van der Waals surface area contributed by atoms with E-state index in [1.807, 2.05) is 36.4 Å². The van der Waals surface area contributed by atoms with Crippen LogP contribution in [0.15, 0.2) is 54.6 Å². The average molecular weight is 221 g/mol. The predicted octanol–water partition coefficient (Wildman–Crippen LogP) is 2.80. The molecule has 0 unspecified atom stereocenters. The quantitative estimate of drug-likeness (QED) is 0.790. The number of benzene rings is 2. The standard InChI is InChI=1S/C14H14O.Na/c15-14-9-5-4-8-13(14)11-10-12-6-2-1-3-7-12;/h1-9,15H,10-11H2;. The molecule has 0 atom stereocenters. The molecule has 0 saturated carbocycles.